The Bertz CT molecular complexity index is 549. The maximum absolute atomic E-state index is 11.2. The van der Waals surface area contributed by atoms with Gasteiger partial charge in [-0.25, -0.2) is 0 Å². The molecular weight excluding hydrogens is 294 g/mol. The van der Waals surface area contributed by atoms with E-state index >= 15 is 0 Å². The second kappa shape index (κ2) is 6.61. The van der Waals surface area contributed by atoms with E-state index in [0.717, 1.165) is 57.1 Å². The van der Waals surface area contributed by atoms with Crippen LogP contribution in [0.2, 0.25) is 0 Å². The summed E-state index contributed by atoms with van der Waals surface area (Å²) < 4.78 is 10.9. The van der Waals surface area contributed by atoms with Gasteiger partial charge in [-0.15, -0.1) is 0 Å². The second-order valence-corrected chi connectivity index (χ2v) is 7.38. The Morgan fingerprint density at radius 3 is 2.83 bits per heavy atom. The molecule has 1 aromatic heterocycles. The first kappa shape index (κ1) is 16.5. The molecule has 0 aromatic carbocycles. The number of carbonyl (C=O) groups excluding carboxylic acids is 1. The number of rotatable bonds is 5. The van der Waals surface area contributed by atoms with Gasteiger partial charge in [0.25, 0.3) is 0 Å². The molecule has 1 amide bonds. The number of ether oxygens (including phenoxy) is 1. The highest BCUT2D eigenvalue weighted by Gasteiger charge is 2.48. The van der Waals surface area contributed by atoms with E-state index in [0.29, 0.717) is 5.92 Å². The number of amides is 1. The summed E-state index contributed by atoms with van der Waals surface area (Å²) in [6.45, 7) is 10.3. The first-order valence-electron chi connectivity index (χ1n) is 8.47. The quantitative estimate of drug-likeness (QED) is 0.892. The zero-order valence-corrected chi connectivity index (χ0v) is 14.3. The van der Waals surface area contributed by atoms with Crippen molar-refractivity contribution in [3.05, 3.63) is 17.5 Å². The van der Waals surface area contributed by atoms with Crippen molar-refractivity contribution in [2.75, 3.05) is 26.3 Å². The minimum absolute atomic E-state index is 0.0516. The number of aromatic nitrogens is 1. The molecule has 0 spiro atoms. The minimum atomic E-state index is 0.0516. The van der Waals surface area contributed by atoms with Gasteiger partial charge in [0.15, 0.2) is 5.76 Å². The summed E-state index contributed by atoms with van der Waals surface area (Å²) in [5, 5.41) is 7.28. The molecule has 0 radical (unpaired) electrons. The summed E-state index contributed by atoms with van der Waals surface area (Å²) in [5.74, 6) is 1.51. The number of carbonyl (C=O) groups is 1. The monoisotopic (exact) mass is 321 g/mol. The summed E-state index contributed by atoms with van der Waals surface area (Å²) in [6.07, 6.45) is 1.92. The molecule has 1 aliphatic carbocycles. The van der Waals surface area contributed by atoms with Crippen molar-refractivity contribution in [1.82, 2.24) is 15.4 Å². The van der Waals surface area contributed by atoms with Gasteiger partial charge in [0, 0.05) is 32.1 Å². The number of nitrogens with zero attached hydrogens (tertiary/aromatic N) is 2. The average molecular weight is 321 g/mol. The van der Waals surface area contributed by atoms with E-state index in [-0.39, 0.29) is 17.4 Å². The van der Waals surface area contributed by atoms with Crippen molar-refractivity contribution < 1.29 is 14.1 Å². The van der Waals surface area contributed by atoms with Crippen LogP contribution >= 0.6 is 0 Å². The molecule has 1 saturated heterocycles. The smallest absolute Gasteiger partial charge is 0.217 e. The molecule has 128 valence electrons. The van der Waals surface area contributed by atoms with Crippen molar-refractivity contribution in [2.45, 2.75) is 46.2 Å². The Labute approximate surface area is 137 Å². The van der Waals surface area contributed by atoms with Gasteiger partial charge in [-0.1, -0.05) is 19.0 Å². The summed E-state index contributed by atoms with van der Waals surface area (Å²) in [7, 11) is 0. The Kier molecular flexibility index (Phi) is 4.73. The first-order valence-corrected chi connectivity index (χ1v) is 8.47. The Morgan fingerprint density at radius 2 is 2.17 bits per heavy atom. The molecule has 2 fully saturated rings. The van der Waals surface area contributed by atoms with E-state index in [1.165, 1.54) is 0 Å². The van der Waals surface area contributed by atoms with Gasteiger partial charge in [-0.05, 0) is 24.2 Å². The zero-order valence-electron chi connectivity index (χ0n) is 14.3. The van der Waals surface area contributed by atoms with Gasteiger partial charge in [0.05, 0.1) is 25.5 Å². The molecule has 6 heteroatoms. The van der Waals surface area contributed by atoms with Crippen LogP contribution in [-0.2, 0) is 22.5 Å². The lowest BCUT2D eigenvalue weighted by Gasteiger charge is -2.52. The van der Waals surface area contributed by atoms with Crippen LogP contribution in [0.5, 0.6) is 0 Å². The Hall–Kier alpha value is -1.40. The highest BCUT2D eigenvalue weighted by atomic mass is 16.5. The fourth-order valence-corrected chi connectivity index (χ4v) is 3.61. The highest BCUT2D eigenvalue weighted by Crippen LogP contribution is 2.47. The van der Waals surface area contributed by atoms with Crippen LogP contribution in [0, 0.1) is 11.3 Å². The highest BCUT2D eigenvalue weighted by molar-refractivity contribution is 5.73. The van der Waals surface area contributed by atoms with E-state index < -0.39 is 0 Å². The molecule has 1 aliphatic heterocycles. The van der Waals surface area contributed by atoms with Crippen LogP contribution in [0.25, 0.3) is 0 Å². The fourth-order valence-electron chi connectivity index (χ4n) is 3.61. The maximum Gasteiger partial charge on any atom is 0.217 e. The van der Waals surface area contributed by atoms with Gasteiger partial charge >= 0.3 is 0 Å². The summed E-state index contributed by atoms with van der Waals surface area (Å²) in [6, 6.07) is 2.35. The molecule has 1 aromatic rings. The summed E-state index contributed by atoms with van der Waals surface area (Å²) >= 11 is 0. The number of morpholine rings is 1. The average Bonchev–Trinajstić information content (AvgIpc) is 2.94. The molecule has 2 unspecified atom stereocenters. The SMILES string of the molecule is CC(=O)NC1CC(Cc2cc(CN3CCOCC3)on2)C1(C)C. The predicted molar refractivity (Wildman–Crippen MR) is 85.8 cm³/mol. The third-order valence-electron chi connectivity index (χ3n) is 5.39. The van der Waals surface area contributed by atoms with Crippen molar-refractivity contribution >= 4 is 5.91 Å². The summed E-state index contributed by atoms with van der Waals surface area (Å²) in [4.78, 5) is 13.6. The topological polar surface area (TPSA) is 67.6 Å². The number of nitrogens with one attached hydrogen (secondary N) is 1. The molecule has 23 heavy (non-hydrogen) atoms. The molecule has 1 saturated carbocycles. The molecule has 1 N–H and O–H groups in total. The number of hydrogen-bond donors (Lipinski definition) is 1. The van der Waals surface area contributed by atoms with Crippen LogP contribution in [0.4, 0.5) is 0 Å². The lowest BCUT2D eigenvalue weighted by atomic mass is 9.57. The Balaban J connectivity index is 1.52. The van der Waals surface area contributed by atoms with Crippen LogP contribution in [-0.4, -0.2) is 48.3 Å². The Morgan fingerprint density at radius 1 is 1.43 bits per heavy atom. The van der Waals surface area contributed by atoms with Crippen LogP contribution in [0.15, 0.2) is 10.6 Å². The van der Waals surface area contributed by atoms with Gasteiger partial charge in [0.2, 0.25) is 5.91 Å². The van der Waals surface area contributed by atoms with Crippen molar-refractivity contribution in [2.24, 2.45) is 11.3 Å². The molecular formula is C17H27N3O3. The van der Waals surface area contributed by atoms with Crippen LogP contribution in [0.1, 0.15) is 38.6 Å². The molecule has 0 bridgehead atoms. The minimum Gasteiger partial charge on any atom is -0.379 e. The van der Waals surface area contributed by atoms with E-state index in [1.807, 2.05) is 0 Å². The van der Waals surface area contributed by atoms with E-state index in [9.17, 15) is 4.79 Å². The lowest BCUT2D eigenvalue weighted by molar-refractivity contribution is -0.123. The van der Waals surface area contributed by atoms with Crippen molar-refractivity contribution in [1.29, 1.82) is 0 Å². The third kappa shape index (κ3) is 3.75. The lowest BCUT2D eigenvalue weighted by Crippen LogP contribution is -2.58. The van der Waals surface area contributed by atoms with Gasteiger partial charge in [-0.2, -0.15) is 0 Å². The van der Waals surface area contributed by atoms with Gasteiger partial charge in [0.1, 0.15) is 0 Å². The van der Waals surface area contributed by atoms with Gasteiger partial charge < -0.3 is 14.6 Å². The predicted octanol–water partition coefficient (Wildman–Crippen LogP) is 1.60. The van der Waals surface area contributed by atoms with E-state index in [4.69, 9.17) is 9.26 Å². The molecule has 3 rings (SSSR count). The maximum atomic E-state index is 11.2. The summed E-state index contributed by atoms with van der Waals surface area (Å²) in [5.41, 5.74) is 1.13. The molecule has 2 heterocycles. The van der Waals surface area contributed by atoms with Crippen LogP contribution in [0.3, 0.4) is 0 Å². The van der Waals surface area contributed by atoms with Gasteiger partial charge in [-0.3, -0.25) is 9.69 Å². The van der Waals surface area contributed by atoms with E-state index in [2.05, 4.69) is 35.3 Å². The first-order chi connectivity index (χ1) is 10.9. The van der Waals surface area contributed by atoms with Crippen molar-refractivity contribution in [3.63, 3.8) is 0 Å². The standard InChI is InChI=1S/C17H27N3O3/c1-12(21)18-16-9-13(17(16,2)3)8-14-10-15(23-19-14)11-20-4-6-22-7-5-20/h10,13,16H,4-9,11H2,1-3H3,(H,18,21). The normalized spacial score (nSPS) is 27.4. The molecule has 2 atom stereocenters. The fraction of sp³-hybridized carbons (Fsp3) is 0.765. The van der Waals surface area contributed by atoms with Crippen molar-refractivity contribution in [3.8, 4) is 0 Å². The largest absolute Gasteiger partial charge is 0.379 e. The third-order valence-corrected chi connectivity index (χ3v) is 5.39. The van der Waals surface area contributed by atoms with E-state index in [1.54, 1.807) is 6.92 Å². The zero-order chi connectivity index (χ0) is 16.4. The second-order valence-electron chi connectivity index (χ2n) is 7.38. The molecule has 2 aliphatic rings. The van der Waals surface area contributed by atoms with Crippen LogP contribution < -0.4 is 5.32 Å². The number of hydrogen-bond acceptors (Lipinski definition) is 5. The molecule has 6 nitrogen and oxygen atoms in total.